The molecule has 1 aromatic rings. The number of hydrogen-bond donors (Lipinski definition) is 2. The first-order valence-corrected chi connectivity index (χ1v) is 7.18. The van der Waals surface area contributed by atoms with E-state index in [-0.39, 0.29) is 5.69 Å². The van der Waals surface area contributed by atoms with Crippen LogP contribution in [0.2, 0.25) is 0 Å². The highest BCUT2D eigenvalue weighted by molar-refractivity contribution is 7.86. The van der Waals surface area contributed by atoms with Gasteiger partial charge in [-0.25, -0.2) is 0 Å². The lowest BCUT2D eigenvalue weighted by Gasteiger charge is -2.16. The Morgan fingerprint density at radius 1 is 1.00 bits per heavy atom. The molecule has 1 rings (SSSR count). The molecule has 0 atom stereocenters. The van der Waals surface area contributed by atoms with Crippen molar-refractivity contribution in [3.8, 4) is 0 Å². The molecule has 0 radical (unpaired) electrons. The van der Waals surface area contributed by atoms with Gasteiger partial charge in [0.1, 0.15) is 4.90 Å². The van der Waals surface area contributed by atoms with Gasteiger partial charge >= 0.3 is 0 Å². The van der Waals surface area contributed by atoms with Crippen molar-refractivity contribution in [3.63, 3.8) is 0 Å². The highest BCUT2D eigenvalue weighted by atomic mass is 32.2. The molecule has 0 fully saturated rings. The molecule has 0 saturated heterocycles. The number of rotatable bonds is 3. The summed E-state index contributed by atoms with van der Waals surface area (Å²) >= 11 is 0. The zero-order valence-corrected chi connectivity index (χ0v) is 10.7. The minimum atomic E-state index is -4.58. The fraction of sp³-hybridized carbons (Fsp3) is 0.250. The molecule has 0 aliphatic carbocycles. The molecule has 0 heterocycles. The Kier molecular flexibility index (Phi) is 3.48. The van der Waals surface area contributed by atoms with E-state index in [4.69, 9.17) is 9.11 Å². The Bertz CT molecular complexity index is 632. The number of nitrogens with zero attached hydrogens (tertiary/aromatic N) is 1. The third-order valence-electron chi connectivity index (χ3n) is 1.99. The maximum atomic E-state index is 11.1. The van der Waals surface area contributed by atoms with Crippen LogP contribution in [0.15, 0.2) is 28.0 Å². The van der Waals surface area contributed by atoms with Gasteiger partial charge in [0.05, 0.1) is 10.6 Å². The summed E-state index contributed by atoms with van der Waals surface area (Å²) in [5, 5.41) is 0. The minimum absolute atomic E-state index is 0.111. The molecule has 0 aromatic heterocycles. The molecule has 0 saturated carbocycles. The molecule has 0 unspecified atom stereocenters. The van der Waals surface area contributed by atoms with Crippen LogP contribution >= 0.6 is 0 Å². The van der Waals surface area contributed by atoms with Gasteiger partial charge in [-0.15, -0.1) is 0 Å². The van der Waals surface area contributed by atoms with E-state index in [9.17, 15) is 16.8 Å². The van der Waals surface area contributed by atoms with Crippen LogP contribution in [-0.2, 0) is 20.2 Å². The second kappa shape index (κ2) is 4.26. The zero-order valence-electron chi connectivity index (χ0n) is 9.02. The highest BCUT2D eigenvalue weighted by Gasteiger charge is 2.21. The summed E-state index contributed by atoms with van der Waals surface area (Å²) in [5.41, 5.74) is 0.111. The molecular formula is C8H11NO6S2. The minimum Gasteiger partial charge on any atom is -0.377 e. The number of anilines is 1. The van der Waals surface area contributed by atoms with E-state index in [1.165, 1.54) is 25.1 Å². The lowest BCUT2D eigenvalue weighted by atomic mass is 10.3. The molecule has 2 N–H and O–H groups in total. The second-order valence-corrected chi connectivity index (χ2v) is 6.29. The Hall–Kier alpha value is -1.16. The fourth-order valence-corrected chi connectivity index (χ4v) is 2.60. The van der Waals surface area contributed by atoms with Crippen LogP contribution in [0.3, 0.4) is 0 Å². The Morgan fingerprint density at radius 2 is 1.53 bits per heavy atom. The molecule has 7 nitrogen and oxygen atoms in total. The zero-order chi connectivity index (χ0) is 13.4. The van der Waals surface area contributed by atoms with E-state index in [0.29, 0.717) is 6.07 Å². The third kappa shape index (κ3) is 3.16. The predicted octanol–water partition coefficient (Wildman–Crippen LogP) is 0.246. The normalized spacial score (nSPS) is 12.5. The summed E-state index contributed by atoms with van der Waals surface area (Å²) in [7, 11) is -6.05. The predicted molar refractivity (Wildman–Crippen MR) is 60.4 cm³/mol. The van der Waals surface area contributed by atoms with Crippen molar-refractivity contribution in [3.05, 3.63) is 18.2 Å². The summed E-state index contributed by atoms with van der Waals surface area (Å²) in [5.74, 6) is 0. The lowest BCUT2D eigenvalue weighted by molar-refractivity contribution is 0.481. The van der Waals surface area contributed by atoms with Crippen LogP contribution < -0.4 is 4.90 Å². The molecule has 1 aromatic carbocycles. The van der Waals surface area contributed by atoms with Gasteiger partial charge in [-0.1, -0.05) is 0 Å². The number of hydrogen-bond acceptors (Lipinski definition) is 5. The number of benzene rings is 1. The van der Waals surface area contributed by atoms with Crippen molar-refractivity contribution in [1.82, 2.24) is 0 Å². The summed E-state index contributed by atoms with van der Waals surface area (Å²) in [4.78, 5) is 0.199. The van der Waals surface area contributed by atoms with Crippen LogP contribution in [0, 0.1) is 0 Å². The largest absolute Gasteiger partial charge is 0.377 e. The lowest BCUT2D eigenvalue weighted by Crippen LogP contribution is -2.14. The van der Waals surface area contributed by atoms with E-state index >= 15 is 0 Å². The topological polar surface area (TPSA) is 112 Å². The van der Waals surface area contributed by atoms with Gasteiger partial charge in [-0.3, -0.25) is 9.11 Å². The molecule has 0 bridgehead atoms. The molecule has 96 valence electrons. The van der Waals surface area contributed by atoms with Crippen molar-refractivity contribution < 1.29 is 25.9 Å². The molecule has 9 heteroatoms. The van der Waals surface area contributed by atoms with Gasteiger partial charge in [0.2, 0.25) is 0 Å². The highest BCUT2D eigenvalue weighted by Crippen LogP contribution is 2.26. The van der Waals surface area contributed by atoms with Gasteiger partial charge < -0.3 is 4.90 Å². The molecule has 0 amide bonds. The van der Waals surface area contributed by atoms with Crippen LogP contribution in [0.5, 0.6) is 0 Å². The smallest absolute Gasteiger partial charge is 0.296 e. The van der Waals surface area contributed by atoms with Gasteiger partial charge in [0.15, 0.2) is 0 Å². The summed E-state index contributed by atoms with van der Waals surface area (Å²) in [6.45, 7) is 0. The summed E-state index contributed by atoms with van der Waals surface area (Å²) in [6.07, 6.45) is 0. The van der Waals surface area contributed by atoms with E-state index in [1.807, 2.05) is 0 Å². The second-order valence-electron chi connectivity index (χ2n) is 3.47. The first kappa shape index (κ1) is 13.9. The Labute approximate surface area is 99.2 Å². The molecule has 17 heavy (non-hydrogen) atoms. The molecule has 0 aliphatic heterocycles. The van der Waals surface area contributed by atoms with Crippen LogP contribution in [0.25, 0.3) is 0 Å². The molecule has 0 spiro atoms. The first-order valence-electron chi connectivity index (χ1n) is 4.30. The van der Waals surface area contributed by atoms with Crippen LogP contribution in [-0.4, -0.2) is 40.0 Å². The van der Waals surface area contributed by atoms with Gasteiger partial charge in [0.25, 0.3) is 20.2 Å². The first-order chi connectivity index (χ1) is 7.53. The summed E-state index contributed by atoms with van der Waals surface area (Å²) < 4.78 is 61.7. The van der Waals surface area contributed by atoms with Crippen molar-refractivity contribution in [2.75, 3.05) is 19.0 Å². The maximum absolute atomic E-state index is 11.1. The Morgan fingerprint density at radius 3 is 1.88 bits per heavy atom. The van der Waals surface area contributed by atoms with Gasteiger partial charge in [0, 0.05) is 14.1 Å². The van der Waals surface area contributed by atoms with Crippen molar-refractivity contribution in [2.24, 2.45) is 0 Å². The van der Waals surface area contributed by atoms with Crippen LogP contribution in [0.4, 0.5) is 5.69 Å². The van der Waals surface area contributed by atoms with Crippen molar-refractivity contribution >= 4 is 25.9 Å². The van der Waals surface area contributed by atoms with E-state index in [0.717, 1.165) is 6.07 Å². The maximum Gasteiger partial charge on any atom is 0.296 e. The van der Waals surface area contributed by atoms with E-state index in [1.54, 1.807) is 0 Å². The molecule has 0 aliphatic rings. The van der Waals surface area contributed by atoms with Crippen molar-refractivity contribution in [2.45, 2.75) is 9.79 Å². The van der Waals surface area contributed by atoms with E-state index < -0.39 is 30.0 Å². The quantitative estimate of drug-likeness (QED) is 0.763. The van der Waals surface area contributed by atoms with Crippen LogP contribution in [0.1, 0.15) is 0 Å². The SMILES string of the molecule is CN(C)c1ccc(S(=O)(=O)O)cc1S(=O)(=O)O. The van der Waals surface area contributed by atoms with Crippen molar-refractivity contribution in [1.29, 1.82) is 0 Å². The fourth-order valence-electron chi connectivity index (χ4n) is 1.23. The average Bonchev–Trinajstić information content (AvgIpc) is 2.14. The summed E-state index contributed by atoms with van der Waals surface area (Å²) in [6, 6.07) is 2.91. The Balaban J connectivity index is 3.63. The average molecular weight is 281 g/mol. The monoisotopic (exact) mass is 281 g/mol. The molecular weight excluding hydrogens is 270 g/mol. The van der Waals surface area contributed by atoms with Gasteiger partial charge in [-0.2, -0.15) is 16.8 Å². The van der Waals surface area contributed by atoms with Gasteiger partial charge in [-0.05, 0) is 18.2 Å². The standard InChI is InChI=1S/C8H11NO6S2/c1-9(2)7-4-3-6(16(10,11)12)5-8(7)17(13,14)15/h3-5H,1-2H3,(H,10,11,12)(H,13,14,15). The van der Waals surface area contributed by atoms with E-state index in [2.05, 4.69) is 0 Å². The third-order valence-corrected chi connectivity index (χ3v) is 3.72.